The second-order valence-corrected chi connectivity index (χ2v) is 4.80. The molecule has 2 aromatic heterocycles. The van der Waals surface area contributed by atoms with E-state index in [0.29, 0.717) is 0 Å². The van der Waals surface area contributed by atoms with Gasteiger partial charge in [0.2, 0.25) is 0 Å². The molecule has 6 heteroatoms. The highest BCUT2D eigenvalue weighted by atomic mass is 32.2. The van der Waals surface area contributed by atoms with Gasteiger partial charge in [-0.15, -0.1) is 10.2 Å². The average Bonchev–Trinajstić information content (AvgIpc) is 2.72. The normalized spacial score (nSPS) is 12.1. The number of hydrogen-bond acceptors (Lipinski definition) is 5. The van der Waals surface area contributed by atoms with Crippen LogP contribution in [0.5, 0.6) is 0 Å². The molecule has 0 fully saturated rings. The van der Waals surface area contributed by atoms with Crippen LogP contribution in [0.3, 0.4) is 0 Å². The van der Waals surface area contributed by atoms with E-state index in [1.807, 2.05) is 30.7 Å². The molecule has 0 aliphatic heterocycles. The fraction of sp³-hybridized carbons (Fsp3) is 0.273. The monoisotopic (exact) mass is 245 g/mol. The van der Waals surface area contributed by atoms with Crippen LogP contribution in [0, 0.1) is 11.3 Å². The van der Waals surface area contributed by atoms with Crippen molar-refractivity contribution >= 4 is 11.8 Å². The minimum absolute atomic E-state index is 0.139. The lowest BCUT2D eigenvalue weighted by Gasteiger charge is -2.03. The molecule has 0 aliphatic carbocycles. The first-order valence-electron chi connectivity index (χ1n) is 5.08. The Bertz CT molecular complexity index is 543. The van der Waals surface area contributed by atoms with Gasteiger partial charge in [0.1, 0.15) is 0 Å². The van der Waals surface area contributed by atoms with E-state index in [1.54, 1.807) is 12.4 Å². The van der Waals surface area contributed by atoms with E-state index < -0.39 is 0 Å². The predicted octanol–water partition coefficient (Wildman–Crippen LogP) is 1.88. The first-order chi connectivity index (χ1) is 8.22. The van der Waals surface area contributed by atoms with Crippen molar-refractivity contribution in [1.29, 1.82) is 5.26 Å². The molecular weight excluding hydrogens is 234 g/mol. The zero-order chi connectivity index (χ0) is 12.3. The number of aromatic nitrogens is 4. The SMILES string of the molecule is C[C@@H](C#N)Sc1nnc(-c2cccnc2)n1C. The highest BCUT2D eigenvalue weighted by molar-refractivity contribution is 8.00. The van der Waals surface area contributed by atoms with Crippen LogP contribution in [-0.4, -0.2) is 25.0 Å². The molecule has 5 nitrogen and oxygen atoms in total. The highest BCUT2D eigenvalue weighted by Gasteiger charge is 2.13. The molecule has 1 atom stereocenters. The van der Waals surface area contributed by atoms with Crippen LogP contribution in [0.2, 0.25) is 0 Å². The van der Waals surface area contributed by atoms with E-state index in [0.717, 1.165) is 16.5 Å². The maximum absolute atomic E-state index is 8.77. The summed E-state index contributed by atoms with van der Waals surface area (Å²) in [6, 6.07) is 5.94. The summed E-state index contributed by atoms with van der Waals surface area (Å²) in [5.74, 6) is 0.755. The van der Waals surface area contributed by atoms with E-state index in [4.69, 9.17) is 5.26 Å². The van der Waals surface area contributed by atoms with Crippen molar-refractivity contribution in [1.82, 2.24) is 19.7 Å². The molecule has 86 valence electrons. The largest absolute Gasteiger partial charge is 0.305 e. The highest BCUT2D eigenvalue weighted by Crippen LogP contribution is 2.24. The van der Waals surface area contributed by atoms with E-state index in [-0.39, 0.29) is 5.25 Å². The van der Waals surface area contributed by atoms with Crippen LogP contribution in [0.4, 0.5) is 0 Å². The molecule has 0 bridgehead atoms. The lowest BCUT2D eigenvalue weighted by atomic mass is 10.3. The van der Waals surface area contributed by atoms with Crippen LogP contribution in [-0.2, 0) is 7.05 Å². The maximum atomic E-state index is 8.77. The molecule has 0 aromatic carbocycles. The summed E-state index contributed by atoms with van der Waals surface area (Å²) in [7, 11) is 1.88. The van der Waals surface area contributed by atoms with Gasteiger partial charge in [-0.05, 0) is 19.1 Å². The Morgan fingerprint density at radius 2 is 2.29 bits per heavy atom. The zero-order valence-corrected chi connectivity index (χ0v) is 10.3. The number of rotatable bonds is 3. The van der Waals surface area contributed by atoms with Gasteiger partial charge in [0.05, 0.1) is 11.3 Å². The van der Waals surface area contributed by atoms with Crippen LogP contribution < -0.4 is 0 Å². The Morgan fingerprint density at radius 1 is 1.47 bits per heavy atom. The Hall–Kier alpha value is -1.87. The zero-order valence-electron chi connectivity index (χ0n) is 9.53. The number of nitrogens with zero attached hydrogens (tertiary/aromatic N) is 5. The van der Waals surface area contributed by atoms with Crippen molar-refractivity contribution in [2.75, 3.05) is 0 Å². The second-order valence-electron chi connectivity index (χ2n) is 3.50. The maximum Gasteiger partial charge on any atom is 0.192 e. The smallest absolute Gasteiger partial charge is 0.192 e. The Morgan fingerprint density at radius 3 is 2.94 bits per heavy atom. The Labute approximate surface area is 104 Å². The molecule has 0 N–H and O–H groups in total. The minimum atomic E-state index is -0.139. The summed E-state index contributed by atoms with van der Waals surface area (Å²) < 4.78 is 1.87. The molecule has 2 rings (SSSR count). The lowest BCUT2D eigenvalue weighted by Crippen LogP contribution is -1.98. The molecule has 0 saturated heterocycles. The molecule has 0 radical (unpaired) electrons. The number of nitriles is 1. The number of hydrogen-bond donors (Lipinski definition) is 0. The minimum Gasteiger partial charge on any atom is -0.305 e. The van der Waals surface area contributed by atoms with E-state index in [2.05, 4.69) is 21.3 Å². The molecule has 17 heavy (non-hydrogen) atoms. The van der Waals surface area contributed by atoms with Gasteiger partial charge in [0, 0.05) is 25.0 Å². The third-order valence-corrected chi connectivity index (χ3v) is 3.24. The molecule has 0 spiro atoms. The van der Waals surface area contributed by atoms with Gasteiger partial charge in [0.15, 0.2) is 11.0 Å². The van der Waals surface area contributed by atoms with E-state index in [9.17, 15) is 0 Å². The molecule has 0 aliphatic rings. The van der Waals surface area contributed by atoms with Crippen molar-refractivity contribution in [3.05, 3.63) is 24.5 Å². The van der Waals surface area contributed by atoms with Gasteiger partial charge < -0.3 is 4.57 Å². The fourth-order valence-corrected chi connectivity index (χ4v) is 2.05. The molecule has 0 unspecified atom stereocenters. The topological polar surface area (TPSA) is 67.4 Å². The third-order valence-electron chi connectivity index (χ3n) is 2.22. The molecule has 2 aromatic rings. The van der Waals surface area contributed by atoms with Crippen molar-refractivity contribution in [3.8, 4) is 17.5 Å². The summed E-state index contributed by atoms with van der Waals surface area (Å²) in [4.78, 5) is 4.05. The third kappa shape index (κ3) is 2.45. The quantitative estimate of drug-likeness (QED) is 0.772. The van der Waals surface area contributed by atoms with Crippen LogP contribution in [0.25, 0.3) is 11.4 Å². The van der Waals surface area contributed by atoms with Gasteiger partial charge >= 0.3 is 0 Å². The van der Waals surface area contributed by atoms with Gasteiger partial charge in [-0.2, -0.15) is 5.26 Å². The standard InChI is InChI=1S/C11H11N5S/c1-8(6-12)17-11-15-14-10(16(11)2)9-4-3-5-13-7-9/h3-5,7-8H,1-2H3/t8-/m0/s1. The van der Waals surface area contributed by atoms with Gasteiger partial charge in [-0.1, -0.05) is 11.8 Å². The van der Waals surface area contributed by atoms with Crippen LogP contribution in [0.1, 0.15) is 6.92 Å². The van der Waals surface area contributed by atoms with Gasteiger partial charge in [0.25, 0.3) is 0 Å². The van der Waals surface area contributed by atoms with Crippen LogP contribution in [0.15, 0.2) is 29.7 Å². The lowest BCUT2D eigenvalue weighted by molar-refractivity contribution is 0.792. The first kappa shape index (κ1) is 11.6. The summed E-state index contributed by atoms with van der Waals surface area (Å²) in [6.45, 7) is 1.84. The molecule has 0 amide bonds. The molecule has 2 heterocycles. The first-order valence-corrected chi connectivity index (χ1v) is 5.96. The fourth-order valence-electron chi connectivity index (χ4n) is 1.35. The molecular formula is C11H11N5S. The number of thioether (sulfide) groups is 1. The van der Waals surface area contributed by atoms with Crippen molar-refractivity contribution in [2.24, 2.45) is 7.05 Å². The number of pyridine rings is 1. The average molecular weight is 245 g/mol. The molecule has 0 saturated carbocycles. The second kappa shape index (κ2) is 4.97. The van der Waals surface area contributed by atoms with Crippen molar-refractivity contribution in [2.45, 2.75) is 17.3 Å². The Kier molecular flexibility index (Phi) is 3.40. The summed E-state index contributed by atoms with van der Waals surface area (Å²) in [5.41, 5.74) is 0.916. The Balaban J connectivity index is 2.31. The van der Waals surface area contributed by atoms with Crippen molar-refractivity contribution < 1.29 is 0 Å². The summed E-state index contributed by atoms with van der Waals surface area (Å²) in [6.07, 6.45) is 3.46. The van der Waals surface area contributed by atoms with E-state index >= 15 is 0 Å². The van der Waals surface area contributed by atoms with E-state index in [1.165, 1.54) is 11.8 Å². The van der Waals surface area contributed by atoms with Crippen LogP contribution >= 0.6 is 11.8 Å². The van der Waals surface area contributed by atoms with Gasteiger partial charge in [-0.3, -0.25) is 4.98 Å². The summed E-state index contributed by atoms with van der Waals surface area (Å²) in [5, 5.41) is 17.6. The van der Waals surface area contributed by atoms with Crippen molar-refractivity contribution in [3.63, 3.8) is 0 Å². The van der Waals surface area contributed by atoms with Gasteiger partial charge in [-0.25, -0.2) is 0 Å². The predicted molar refractivity (Wildman–Crippen MR) is 65.2 cm³/mol. The summed E-state index contributed by atoms with van der Waals surface area (Å²) >= 11 is 1.39.